The third-order valence-electron chi connectivity index (χ3n) is 3.17. The lowest BCUT2D eigenvalue weighted by molar-refractivity contribution is -0.255. The van der Waals surface area contributed by atoms with Crippen molar-refractivity contribution < 1.29 is 14.7 Å². The van der Waals surface area contributed by atoms with E-state index >= 15 is 0 Å². The van der Waals surface area contributed by atoms with Gasteiger partial charge in [0, 0.05) is 20.2 Å². The molecule has 0 aromatic heterocycles. The molecule has 0 atom stereocenters. The Morgan fingerprint density at radius 2 is 1.86 bits per heavy atom. The van der Waals surface area contributed by atoms with Crippen LogP contribution in [-0.4, -0.2) is 11.9 Å². The minimum Gasteiger partial charge on any atom is -0.545 e. The van der Waals surface area contributed by atoms with Gasteiger partial charge >= 0.3 is 0 Å². The van der Waals surface area contributed by atoms with Crippen LogP contribution in [0.5, 0.6) is 0 Å². The minimum absolute atomic E-state index is 0.0928. The van der Waals surface area contributed by atoms with Crippen molar-refractivity contribution in [3.05, 3.63) is 62.0 Å². The number of carboxylic acid groups (broad SMARTS) is 1. The van der Waals surface area contributed by atoms with Gasteiger partial charge in [-0.15, -0.1) is 0 Å². The number of nitrogens with one attached hydrogen (secondary N) is 1. The third-order valence-corrected chi connectivity index (χ3v) is 4.32. The molecule has 0 saturated carbocycles. The van der Waals surface area contributed by atoms with Crippen molar-refractivity contribution in [3.63, 3.8) is 0 Å². The predicted octanol–water partition coefficient (Wildman–Crippen LogP) is 3.39. The Balaban J connectivity index is 2.36. The summed E-state index contributed by atoms with van der Waals surface area (Å²) in [5.41, 5.74) is 1.58. The van der Waals surface area contributed by atoms with Crippen molar-refractivity contribution >= 4 is 49.4 Å². The molecule has 0 unspecified atom stereocenters. The largest absolute Gasteiger partial charge is 0.545 e. The molecule has 6 heteroatoms. The van der Waals surface area contributed by atoms with Gasteiger partial charge in [0.2, 0.25) is 0 Å². The van der Waals surface area contributed by atoms with Gasteiger partial charge in [-0.2, -0.15) is 0 Å². The van der Waals surface area contributed by atoms with E-state index in [0.717, 1.165) is 4.47 Å². The Morgan fingerprint density at radius 3 is 2.45 bits per heavy atom. The van der Waals surface area contributed by atoms with E-state index in [1.807, 2.05) is 6.92 Å². The molecule has 1 N–H and O–H groups in total. The van der Waals surface area contributed by atoms with Gasteiger partial charge < -0.3 is 15.2 Å². The van der Waals surface area contributed by atoms with Crippen LogP contribution in [0.2, 0.25) is 0 Å². The van der Waals surface area contributed by atoms with E-state index in [0.29, 0.717) is 27.7 Å². The fraction of sp³-hybridized carbons (Fsp3) is 0.125. The maximum atomic E-state index is 12.4. The molecule has 1 amide bonds. The fourth-order valence-electron chi connectivity index (χ4n) is 2.14. The lowest BCUT2D eigenvalue weighted by atomic mass is 10.0. The highest BCUT2D eigenvalue weighted by Gasteiger charge is 2.14. The second-order valence-electron chi connectivity index (χ2n) is 4.55. The number of carboxylic acids is 1. The molecule has 0 fully saturated rings. The van der Waals surface area contributed by atoms with Gasteiger partial charge in [0.15, 0.2) is 0 Å². The maximum absolute atomic E-state index is 12.4. The van der Waals surface area contributed by atoms with Gasteiger partial charge in [-0.3, -0.25) is 4.79 Å². The number of aromatic carboxylic acids is 1. The molecular weight excluding hydrogens is 414 g/mol. The Labute approximate surface area is 144 Å². The van der Waals surface area contributed by atoms with Crippen LogP contribution in [0.3, 0.4) is 0 Å². The van der Waals surface area contributed by atoms with Crippen molar-refractivity contribution in [2.45, 2.75) is 13.3 Å². The maximum Gasteiger partial charge on any atom is 0.256 e. The highest BCUT2D eigenvalue weighted by Crippen LogP contribution is 2.25. The van der Waals surface area contributed by atoms with Gasteiger partial charge in [-0.1, -0.05) is 35.0 Å². The zero-order chi connectivity index (χ0) is 16.3. The topological polar surface area (TPSA) is 69.2 Å². The zero-order valence-corrected chi connectivity index (χ0v) is 14.8. The van der Waals surface area contributed by atoms with E-state index in [1.165, 1.54) is 6.07 Å². The van der Waals surface area contributed by atoms with Crippen molar-refractivity contribution in [2.24, 2.45) is 0 Å². The highest BCUT2D eigenvalue weighted by atomic mass is 79.9. The van der Waals surface area contributed by atoms with Gasteiger partial charge in [0.1, 0.15) is 0 Å². The van der Waals surface area contributed by atoms with Gasteiger partial charge in [-0.25, -0.2) is 0 Å². The zero-order valence-electron chi connectivity index (χ0n) is 11.7. The molecule has 0 saturated heterocycles. The van der Waals surface area contributed by atoms with Crippen molar-refractivity contribution in [1.29, 1.82) is 0 Å². The summed E-state index contributed by atoms with van der Waals surface area (Å²) in [4.78, 5) is 23.5. The van der Waals surface area contributed by atoms with Crippen LogP contribution in [0, 0.1) is 0 Å². The molecule has 0 radical (unpaired) electrons. The molecule has 114 valence electrons. The average Bonchev–Trinajstić information content (AvgIpc) is 2.46. The second-order valence-corrected chi connectivity index (χ2v) is 6.32. The molecule has 0 aliphatic rings. The summed E-state index contributed by atoms with van der Waals surface area (Å²) < 4.78 is 1.50. The minimum atomic E-state index is -1.25. The predicted molar refractivity (Wildman–Crippen MR) is 89.9 cm³/mol. The SMILES string of the molecule is CCc1c(NC(=O)c2ccc(Br)cc2Br)cccc1C(=O)[O-]. The standard InChI is InChI=1S/C16H13Br2NO3/c1-2-10-11(16(21)22)4-3-5-14(10)19-15(20)12-7-6-9(17)8-13(12)18/h3-8H,2H2,1H3,(H,19,20)(H,21,22)/p-1. The monoisotopic (exact) mass is 424 g/mol. The van der Waals surface area contributed by atoms with E-state index in [1.54, 1.807) is 30.3 Å². The van der Waals surface area contributed by atoms with Crippen LogP contribution in [0.25, 0.3) is 0 Å². The molecule has 4 nitrogen and oxygen atoms in total. The summed E-state index contributed by atoms with van der Waals surface area (Å²) in [6.07, 6.45) is 0.473. The van der Waals surface area contributed by atoms with Crippen LogP contribution in [0.15, 0.2) is 45.3 Å². The van der Waals surface area contributed by atoms with Gasteiger partial charge in [0.25, 0.3) is 5.91 Å². The van der Waals surface area contributed by atoms with Crippen LogP contribution < -0.4 is 10.4 Å². The number of carbonyl (C=O) groups is 2. The highest BCUT2D eigenvalue weighted by molar-refractivity contribution is 9.11. The average molecular weight is 426 g/mol. The normalized spacial score (nSPS) is 10.3. The Hall–Kier alpha value is -1.66. The molecule has 2 aromatic rings. The number of hydrogen-bond acceptors (Lipinski definition) is 3. The van der Waals surface area contributed by atoms with E-state index in [4.69, 9.17) is 0 Å². The first-order valence-corrected chi connectivity index (χ1v) is 8.12. The van der Waals surface area contributed by atoms with Crippen LogP contribution in [0.1, 0.15) is 33.2 Å². The quantitative estimate of drug-likeness (QED) is 0.816. The fourth-order valence-corrected chi connectivity index (χ4v) is 3.37. The Kier molecular flexibility index (Phi) is 5.37. The van der Waals surface area contributed by atoms with Gasteiger partial charge in [-0.05, 0) is 52.2 Å². The number of amides is 1. The molecule has 0 bridgehead atoms. The molecule has 0 aliphatic heterocycles. The van der Waals surface area contributed by atoms with Crippen molar-refractivity contribution in [1.82, 2.24) is 0 Å². The molecule has 22 heavy (non-hydrogen) atoms. The number of rotatable bonds is 4. The summed E-state index contributed by atoms with van der Waals surface area (Å²) in [5, 5.41) is 13.9. The number of benzene rings is 2. The third kappa shape index (κ3) is 3.56. The van der Waals surface area contributed by atoms with Crippen molar-refractivity contribution in [2.75, 3.05) is 5.32 Å². The van der Waals surface area contributed by atoms with Crippen LogP contribution in [-0.2, 0) is 6.42 Å². The molecular formula is C16H12Br2NO3-. The first-order chi connectivity index (χ1) is 10.4. The first-order valence-electron chi connectivity index (χ1n) is 6.53. The number of halogens is 2. The van der Waals surface area contributed by atoms with Crippen LogP contribution in [0.4, 0.5) is 5.69 Å². The second kappa shape index (κ2) is 7.07. The summed E-state index contributed by atoms with van der Waals surface area (Å²) in [7, 11) is 0. The Bertz CT molecular complexity index is 744. The van der Waals surface area contributed by atoms with E-state index in [-0.39, 0.29) is 11.5 Å². The van der Waals surface area contributed by atoms with Gasteiger partial charge in [0.05, 0.1) is 11.5 Å². The summed E-state index contributed by atoms with van der Waals surface area (Å²) in [6, 6.07) is 9.94. The summed E-state index contributed by atoms with van der Waals surface area (Å²) >= 11 is 6.67. The number of hydrogen-bond donors (Lipinski definition) is 1. The Morgan fingerprint density at radius 1 is 1.14 bits per heavy atom. The van der Waals surface area contributed by atoms with E-state index < -0.39 is 5.97 Å². The lowest BCUT2D eigenvalue weighted by Gasteiger charge is -2.15. The number of anilines is 1. The van der Waals surface area contributed by atoms with E-state index in [2.05, 4.69) is 37.2 Å². The molecule has 2 rings (SSSR count). The smallest absolute Gasteiger partial charge is 0.256 e. The van der Waals surface area contributed by atoms with Crippen LogP contribution >= 0.6 is 31.9 Å². The summed E-state index contributed by atoms with van der Waals surface area (Å²) in [6.45, 7) is 1.83. The molecule has 0 heterocycles. The number of carbonyl (C=O) groups excluding carboxylic acids is 2. The lowest BCUT2D eigenvalue weighted by Crippen LogP contribution is -2.24. The molecule has 0 spiro atoms. The van der Waals surface area contributed by atoms with E-state index in [9.17, 15) is 14.7 Å². The van der Waals surface area contributed by atoms with Crippen molar-refractivity contribution in [3.8, 4) is 0 Å². The summed E-state index contributed by atoms with van der Waals surface area (Å²) in [5.74, 6) is -1.57. The molecule has 2 aromatic carbocycles. The molecule has 0 aliphatic carbocycles. The first kappa shape index (κ1) is 16.7.